The molecule has 2 nitrogen and oxygen atoms in total. The van der Waals surface area contributed by atoms with Crippen molar-refractivity contribution in [2.45, 2.75) is 13.3 Å². The Kier molecular flexibility index (Phi) is 13.6. The third-order valence-electron chi connectivity index (χ3n) is 1.45. The van der Waals surface area contributed by atoms with Gasteiger partial charge in [0.05, 0.1) is 0 Å². The molecule has 0 aromatic heterocycles. The fourth-order valence-corrected chi connectivity index (χ4v) is 0.908. The van der Waals surface area contributed by atoms with Gasteiger partial charge in [-0.2, -0.15) is 0 Å². The normalized spacial score (nSPS) is 12.8. The molecule has 0 saturated carbocycles. The average Bonchev–Trinajstić information content (AvgIpc) is 2.57. The number of likely N-dealkylation sites (N-methyl/N-ethyl adjacent to an activating group) is 1. The van der Waals surface area contributed by atoms with Gasteiger partial charge in [-0.05, 0) is 20.0 Å². The van der Waals surface area contributed by atoms with Gasteiger partial charge in [0.15, 0.2) is 0 Å². The van der Waals surface area contributed by atoms with E-state index >= 15 is 0 Å². The Hall–Kier alpha value is 0.140. The first-order valence-corrected chi connectivity index (χ1v) is 4.06. The molecule has 0 fully saturated rings. The number of hydrogen-bond donors (Lipinski definition) is 2. The predicted molar refractivity (Wildman–Crippen MR) is 50.5 cm³/mol. The zero-order chi connectivity index (χ0) is 8.53. The summed E-state index contributed by atoms with van der Waals surface area (Å²) >= 11 is 0. The van der Waals surface area contributed by atoms with Crippen LogP contribution < -0.4 is 11.1 Å². The van der Waals surface area contributed by atoms with E-state index in [9.17, 15) is 0 Å². The summed E-state index contributed by atoms with van der Waals surface area (Å²) in [5.74, 6) is 0. The Morgan fingerprint density at radius 3 is 2.58 bits per heavy atom. The molecule has 3 heteroatoms. The van der Waals surface area contributed by atoms with Crippen molar-refractivity contribution in [3.63, 3.8) is 0 Å². The first-order valence-electron chi connectivity index (χ1n) is 4.06. The fraction of sp³-hybridized carbons (Fsp3) is 0.556. The predicted octanol–water partition coefficient (Wildman–Crippen LogP) is 1.05. The van der Waals surface area contributed by atoms with Gasteiger partial charge in [0.2, 0.25) is 0 Å². The molecule has 12 heavy (non-hydrogen) atoms. The second-order valence-electron chi connectivity index (χ2n) is 2.24. The van der Waals surface area contributed by atoms with Gasteiger partial charge in [0.1, 0.15) is 0 Å². The van der Waals surface area contributed by atoms with Gasteiger partial charge in [0, 0.05) is 28.9 Å². The first-order chi connectivity index (χ1) is 5.43. The zero-order valence-corrected chi connectivity index (χ0v) is 11.1. The van der Waals surface area contributed by atoms with E-state index in [0.717, 1.165) is 19.5 Å². The Morgan fingerprint density at radius 1 is 1.50 bits per heavy atom. The molecule has 0 aliphatic heterocycles. The van der Waals surface area contributed by atoms with Crippen LogP contribution in [0.5, 0.6) is 0 Å². The van der Waals surface area contributed by atoms with Crippen LogP contribution in [-0.2, 0) is 22.4 Å². The minimum Gasteiger partial charge on any atom is -0.333 e. The quantitative estimate of drug-likeness (QED) is 0.809. The van der Waals surface area contributed by atoms with Crippen LogP contribution in [0, 0.1) is 0 Å². The van der Waals surface area contributed by atoms with Crippen LogP contribution in [0.3, 0.4) is 0 Å². The number of hydrogen-bond acceptors (Lipinski definition) is 2. The van der Waals surface area contributed by atoms with E-state index in [4.69, 9.17) is 0 Å². The zero-order valence-electron chi connectivity index (χ0n) is 7.88. The van der Waals surface area contributed by atoms with Crippen molar-refractivity contribution in [1.29, 1.82) is 0 Å². The van der Waals surface area contributed by atoms with Crippen molar-refractivity contribution < 1.29 is 22.4 Å². The molecule has 0 aromatic carbocycles. The molecule has 0 unspecified atom stereocenters. The largest absolute Gasteiger partial charge is 0.333 e. The molecule has 0 bridgehead atoms. The molecule has 0 saturated heterocycles. The molecule has 1 rings (SSSR count). The summed E-state index contributed by atoms with van der Waals surface area (Å²) in [5.41, 5.74) is 6.00. The van der Waals surface area contributed by atoms with E-state index in [-0.39, 0.29) is 22.4 Å². The van der Waals surface area contributed by atoms with Gasteiger partial charge in [-0.3, -0.25) is 0 Å². The fourth-order valence-electron chi connectivity index (χ4n) is 0.908. The summed E-state index contributed by atoms with van der Waals surface area (Å²) < 4.78 is 0. The van der Waals surface area contributed by atoms with Gasteiger partial charge in [0.25, 0.3) is 0 Å². The van der Waals surface area contributed by atoms with Crippen LogP contribution in [-0.4, -0.2) is 20.1 Å². The standard InChI is InChI=1S/C8H13N.CH5N.Ta/c1-2-9-7-8-5-3-4-6-8;1-2;/h3-5,9H,2,6-7H2,1H3;2H2,1H3;. The summed E-state index contributed by atoms with van der Waals surface area (Å²) in [5, 5.41) is 3.28. The summed E-state index contributed by atoms with van der Waals surface area (Å²) in [4.78, 5) is 0. The average molecular weight is 335 g/mol. The minimum absolute atomic E-state index is 0. The van der Waals surface area contributed by atoms with E-state index in [0.29, 0.717) is 0 Å². The van der Waals surface area contributed by atoms with Gasteiger partial charge in [-0.15, -0.1) is 0 Å². The van der Waals surface area contributed by atoms with Crippen LogP contribution in [0.25, 0.3) is 0 Å². The second-order valence-corrected chi connectivity index (χ2v) is 2.24. The van der Waals surface area contributed by atoms with Gasteiger partial charge in [-0.1, -0.05) is 30.7 Å². The maximum Gasteiger partial charge on any atom is 0.0170 e. The van der Waals surface area contributed by atoms with Crippen LogP contribution in [0.1, 0.15) is 13.3 Å². The van der Waals surface area contributed by atoms with E-state index in [2.05, 4.69) is 36.2 Å². The maximum atomic E-state index is 4.50. The molecular weight excluding hydrogens is 317 g/mol. The Labute approximate surface area is 90.8 Å². The molecule has 0 spiro atoms. The molecule has 1 radical (unpaired) electrons. The molecule has 3 N–H and O–H groups in total. The number of nitrogens with two attached hydrogens (primary N) is 1. The monoisotopic (exact) mass is 335 g/mol. The van der Waals surface area contributed by atoms with Crippen LogP contribution >= 0.6 is 0 Å². The topological polar surface area (TPSA) is 38.0 Å². The molecule has 1 aliphatic rings. The SMILES string of the molecule is CCNCC1=CC=CC1.CN.[Ta]. The van der Waals surface area contributed by atoms with E-state index in [1.807, 2.05) is 0 Å². The third kappa shape index (κ3) is 6.83. The molecule has 0 aromatic rings. The molecule has 69 valence electrons. The summed E-state index contributed by atoms with van der Waals surface area (Å²) in [7, 11) is 1.50. The molecule has 1 aliphatic carbocycles. The number of rotatable bonds is 3. The van der Waals surface area contributed by atoms with Crippen molar-refractivity contribution in [2.24, 2.45) is 5.73 Å². The van der Waals surface area contributed by atoms with Gasteiger partial charge in [-0.25, -0.2) is 0 Å². The van der Waals surface area contributed by atoms with E-state index < -0.39 is 0 Å². The molecule has 0 amide bonds. The van der Waals surface area contributed by atoms with Crippen LogP contribution in [0.15, 0.2) is 23.8 Å². The maximum absolute atomic E-state index is 4.50. The van der Waals surface area contributed by atoms with Crippen molar-refractivity contribution in [3.8, 4) is 0 Å². The number of allylic oxidation sites excluding steroid dienone is 3. The minimum atomic E-state index is 0. The Bertz CT molecular complexity index is 141. The first kappa shape index (κ1) is 14.7. The van der Waals surface area contributed by atoms with Crippen molar-refractivity contribution in [1.82, 2.24) is 5.32 Å². The number of nitrogens with one attached hydrogen (secondary N) is 1. The van der Waals surface area contributed by atoms with Gasteiger partial charge < -0.3 is 11.1 Å². The van der Waals surface area contributed by atoms with Gasteiger partial charge >= 0.3 is 0 Å². The molecule has 0 atom stereocenters. The Balaban J connectivity index is 0. The van der Waals surface area contributed by atoms with E-state index in [1.54, 1.807) is 0 Å². The summed E-state index contributed by atoms with van der Waals surface area (Å²) in [6, 6.07) is 0. The second kappa shape index (κ2) is 11.1. The van der Waals surface area contributed by atoms with Crippen molar-refractivity contribution in [2.75, 3.05) is 20.1 Å². The summed E-state index contributed by atoms with van der Waals surface area (Å²) in [6.45, 7) is 4.25. The van der Waals surface area contributed by atoms with Crippen molar-refractivity contribution >= 4 is 0 Å². The molecule has 0 heterocycles. The smallest absolute Gasteiger partial charge is 0.0170 e. The van der Waals surface area contributed by atoms with Crippen LogP contribution in [0.2, 0.25) is 0 Å². The third-order valence-corrected chi connectivity index (χ3v) is 1.45. The van der Waals surface area contributed by atoms with E-state index in [1.165, 1.54) is 12.6 Å². The van der Waals surface area contributed by atoms with Crippen molar-refractivity contribution in [3.05, 3.63) is 23.8 Å². The summed E-state index contributed by atoms with van der Waals surface area (Å²) in [6.07, 6.45) is 7.63. The van der Waals surface area contributed by atoms with Crippen LogP contribution in [0.4, 0.5) is 0 Å². The molecular formula is C9H18N2Ta. The Morgan fingerprint density at radius 2 is 2.17 bits per heavy atom.